The van der Waals surface area contributed by atoms with E-state index in [1.807, 2.05) is 35.2 Å². The van der Waals surface area contributed by atoms with Gasteiger partial charge >= 0.3 is 5.97 Å². The van der Waals surface area contributed by atoms with Crippen LogP contribution in [0.25, 0.3) is 0 Å². The van der Waals surface area contributed by atoms with Crippen LogP contribution in [-0.4, -0.2) is 42.6 Å². The van der Waals surface area contributed by atoms with Crippen molar-refractivity contribution in [3.63, 3.8) is 0 Å². The van der Waals surface area contributed by atoms with E-state index in [2.05, 4.69) is 0 Å². The van der Waals surface area contributed by atoms with Crippen molar-refractivity contribution >= 4 is 11.9 Å². The topological polar surface area (TPSA) is 55.8 Å². The average molecular weight is 386 g/mol. The van der Waals surface area contributed by atoms with Crippen molar-refractivity contribution in [2.45, 2.75) is 56.9 Å². The van der Waals surface area contributed by atoms with Gasteiger partial charge in [0.1, 0.15) is 5.75 Å². The molecule has 0 radical (unpaired) electrons. The molecule has 0 atom stereocenters. The van der Waals surface area contributed by atoms with Crippen molar-refractivity contribution < 1.29 is 19.1 Å². The Hall–Kier alpha value is -2.04. The highest BCUT2D eigenvalue weighted by Gasteiger charge is 2.54. The Bertz CT molecular complexity index is 667. The minimum atomic E-state index is -0.247. The molecule has 0 aromatic heterocycles. The third-order valence-electron chi connectivity index (χ3n) is 6.97. The number of amides is 1. The van der Waals surface area contributed by atoms with Crippen LogP contribution in [0.15, 0.2) is 30.3 Å². The zero-order chi connectivity index (χ0) is 19.6. The van der Waals surface area contributed by atoms with Crippen LogP contribution in [0.2, 0.25) is 0 Å². The summed E-state index contributed by atoms with van der Waals surface area (Å²) in [4.78, 5) is 27.1. The Morgan fingerprint density at radius 2 is 1.61 bits per heavy atom. The molecule has 4 aliphatic carbocycles. The van der Waals surface area contributed by atoms with Crippen LogP contribution in [0, 0.1) is 17.8 Å². The van der Waals surface area contributed by atoms with Crippen molar-refractivity contribution in [1.82, 2.24) is 4.90 Å². The number of para-hydroxylation sites is 1. The lowest BCUT2D eigenvalue weighted by atomic mass is 9.52. The van der Waals surface area contributed by atoms with Crippen LogP contribution >= 0.6 is 0 Å². The molecular formula is C23H31NO4. The fraction of sp³-hybridized carbons (Fsp3) is 0.652. The highest BCUT2D eigenvalue weighted by atomic mass is 16.5. The van der Waals surface area contributed by atoms with Gasteiger partial charge < -0.3 is 14.4 Å². The quantitative estimate of drug-likeness (QED) is 0.639. The van der Waals surface area contributed by atoms with Gasteiger partial charge in [-0.15, -0.1) is 0 Å². The summed E-state index contributed by atoms with van der Waals surface area (Å²) in [6, 6.07) is 9.60. The minimum absolute atomic E-state index is 0.0490. The highest BCUT2D eigenvalue weighted by Crippen LogP contribution is 2.57. The SMILES string of the molecule is COC(=O)CCN(C(=O)CCOc1ccccc1)C12CC3CC(CC(C3)C1)C2. The Balaban J connectivity index is 1.44. The van der Waals surface area contributed by atoms with Crippen molar-refractivity contribution in [3.8, 4) is 5.75 Å². The first kappa shape index (κ1) is 19.3. The van der Waals surface area contributed by atoms with Crippen molar-refractivity contribution in [2.75, 3.05) is 20.3 Å². The molecule has 0 spiro atoms. The second kappa shape index (κ2) is 8.14. The maximum absolute atomic E-state index is 13.2. The van der Waals surface area contributed by atoms with E-state index in [-0.39, 0.29) is 23.8 Å². The molecule has 5 nitrogen and oxygen atoms in total. The summed E-state index contributed by atoms with van der Waals surface area (Å²) < 4.78 is 10.6. The standard InChI is InChI=1S/C23H31NO4/c1-27-22(26)7-9-24(21(25)8-10-28-20-5-3-2-4-6-20)23-14-17-11-18(15-23)13-19(12-17)16-23/h2-6,17-19H,7-16H2,1H3. The first-order valence-corrected chi connectivity index (χ1v) is 10.6. The predicted molar refractivity (Wildman–Crippen MR) is 106 cm³/mol. The lowest BCUT2D eigenvalue weighted by Crippen LogP contribution is -2.62. The summed E-state index contributed by atoms with van der Waals surface area (Å²) >= 11 is 0. The first-order valence-electron chi connectivity index (χ1n) is 10.6. The lowest BCUT2D eigenvalue weighted by molar-refractivity contribution is -0.153. The summed E-state index contributed by atoms with van der Waals surface area (Å²) in [6.07, 6.45) is 7.91. The number of carbonyl (C=O) groups is 2. The summed E-state index contributed by atoms with van der Waals surface area (Å²) in [5, 5.41) is 0. The molecule has 1 aromatic carbocycles. The molecule has 5 rings (SSSR count). The van der Waals surface area contributed by atoms with E-state index in [1.54, 1.807) is 0 Å². The molecule has 0 heterocycles. The number of hydrogen-bond acceptors (Lipinski definition) is 4. The van der Waals surface area contributed by atoms with Crippen LogP contribution < -0.4 is 4.74 Å². The maximum Gasteiger partial charge on any atom is 0.307 e. The first-order chi connectivity index (χ1) is 13.6. The summed E-state index contributed by atoms with van der Waals surface area (Å²) in [5.41, 5.74) is -0.0490. The fourth-order valence-corrected chi connectivity index (χ4v) is 6.23. The van der Waals surface area contributed by atoms with Gasteiger partial charge in [-0.2, -0.15) is 0 Å². The van der Waals surface area contributed by atoms with E-state index in [4.69, 9.17) is 9.47 Å². The van der Waals surface area contributed by atoms with Gasteiger partial charge in [-0.3, -0.25) is 9.59 Å². The Morgan fingerprint density at radius 3 is 2.18 bits per heavy atom. The van der Waals surface area contributed by atoms with Gasteiger partial charge in [0, 0.05) is 12.1 Å². The van der Waals surface area contributed by atoms with E-state index in [9.17, 15) is 9.59 Å². The number of ether oxygens (including phenoxy) is 2. The minimum Gasteiger partial charge on any atom is -0.493 e. The maximum atomic E-state index is 13.2. The second-order valence-corrected chi connectivity index (χ2v) is 8.92. The summed E-state index contributed by atoms with van der Waals surface area (Å²) in [5.74, 6) is 2.90. The molecule has 0 N–H and O–H groups in total. The molecule has 4 fully saturated rings. The molecule has 4 aliphatic rings. The number of benzene rings is 1. The smallest absolute Gasteiger partial charge is 0.307 e. The van der Waals surface area contributed by atoms with Crippen LogP contribution in [0.3, 0.4) is 0 Å². The van der Waals surface area contributed by atoms with Gasteiger partial charge in [0.25, 0.3) is 0 Å². The van der Waals surface area contributed by atoms with Gasteiger partial charge in [-0.1, -0.05) is 18.2 Å². The van der Waals surface area contributed by atoms with E-state index in [0.717, 1.165) is 42.8 Å². The molecule has 1 aromatic rings. The van der Waals surface area contributed by atoms with E-state index >= 15 is 0 Å². The molecule has 0 unspecified atom stereocenters. The number of hydrogen-bond donors (Lipinski definition) is 0. The fourth-order valence-electron chi connectivity index (χ4n) is 6.23. The third kappa shape index (κ3) is 4.03. The molecule has 1 amide bonds. The van der Waals surface area contributed by atoms with E-state index < -0.39 is 0 Å². The van der Waals surface area contributed by atoms with Gasteiger partial charge in [-0.05, 0) is 68.4 Å². The van der Waals surface area contributed by atoms with Gasteiger partial charge in [0.05, 0.1) is 26.6 Å². The molecule has 4 saturated carbocycles. The van der Waals surface area contributed by atoms with Crippen LogP contribution in [0.4, 0.5) is 0 Å². The van der Waals surface area contributed by atoms with Crippen molar-refractivity contribution in [3.05, 3.63) is 30.3 Å². The largest absolute Gasteiger partial charge is 0.493 e. The molecule has 0 saturated heterocycles. The highest BCUT2D eigenvalue weighted by molar-refractivity contribution is 5.78. The van der Waals surface area contributed by atoms with Crippen molar-refractivity contribution in [2.24, 2.45) is 17.8 Å². The monoisotopic (exact) mass is 385 g/mol. The molecule has 152 valence electrons. The number of nitrogens with zero attached hydrogens (tertiary/aromatic N) is 1. The Labute approximate surface area is 167 Å². The number of methoxy groups -OCH3 is 1. The molecule has 5 heteroatoms. The zero-order valence-corrected chi connectivity index (χ0v) is 16.8. The molecular weight excluding hydrogens is 354 g/mol. The Morgan fingerprint density at radius 1 is 1.00 bits per heavy atom. The summed E-state index contributed by atoms with van der Waals surface area (Å²) in [7, 11) is 1.41. The number of esters is 1. The van der Waals surface area contributed by atoms with E-state index in [1.165, 1.54) is 26.4 Å². The summed E-state index contributed by atoms with van der Waals surface area (Å²) in [6.45, 7) is 0.826. The van der Waals surface area contributed by atoms with E-state index in [0.29, 0.717) is 19.6 Å². The lowest BCUT2D eigenvalue weighted by Gasteiger charge is -2.60. The normalized spacial score (nSPS) is 30.1. The predicted octanol–water partition coefficient (Wildman–Crippen LogP) is 3.82. The van der Waals surface area contributed by atoms with Gasteiger partial charge in [0.2, 0.25) is 5.91 Å². The van der Waals surface area contributed by atoms with Crippen molar-refractivity contribution in [1.29, 1.82) is 0 Å². The second-order valence-electron chi connectivity index (χ2n) is 8.92. The van der Waals surface area contributed by atoms with Gasteiger partial charge in [0.15, 0.2) is 0 Å². The number of carbonyl (C=O) groups excluding carboxylic acids is 2. The van der Waals surface area contributed by atoms with Gasteiger partial charge in [-0.25, -0.2) is 0 Å². The van der Waals surface area contributed by atoms with Crippen LogP contribution in [-0.2, 0) is 14.3 Å². The molecule has 0 aliphatic heterocycles. The third-order valence-corrected chi connectivity index (χ3v) is 6.97. The number of rotatable bonds is 8. The average Bonchev–Trinajstić information content (AvgIpc) is 2.67. The Kier molecular flexibility index (Phi) is 5.61. The zero-order valence-electron chi connectivity index (χ0n) is 16.8. The molecule has 4 bridgehead atoms. The molecule has 28 heavy (non-hydrogen) atoms. The van der Waals surface area contributed by atoms with Crippen LogP contribution in [0.1, 0.15) is 51.4 Å². The van der Waals surface area contributed by atoms with Crippen LogP contribution in [0.5, 0.6) is 5.75 Å².